The third-order valence-electron chi connectivity index (χ3n) is 4.67. The van der Waals surface area contributed by atoms with Crippen molar-refractivity contribution >= 4 is 23.3 Å². The first-order valence-electron chi connectivity index (χ1n) is 8.54. The number of carboxylic acid groups (broad SMARTS) is 1. The van der Waals surface area contributed by atoms with E-state index in [0.717, 1.165) is 42.3 Å². The molecule has 2 aromatic rings. The van der Waals surface area contributed by atoms with Crippen molar-refractivity contribution in [2.24, 2.45) is 5.92 Å². The van der Waals surface area contributed by atoms with Gasteiger partial charge < -0.3 is 10.4 Å². The van der Waals surface area contributed by atoms with E-state index in [4.69, 9.17) is 16.7 Å². The maximum absolute atomic E-state index is 11.1. The van der Waals surface area contributed by atoms with Crippen molar-refractivity contribution < 1.29 is 9.90 Å². The molecule has 0 aromatic heterocycles. The Morgan fingerprint density at radius 3 is 2.84 bits per heavy atom. The maximum atomic E-state index is 11.1. The zero-order valence-electron chi connectivity index (χ0n) is 14.3. The molecule has 3 rings (SSSR count). The minimum atomic E-state index is -0.684. The topological polar surface area (TPSA) is 52.6 Å². The number of halogens is 1. The van der Waals surface area contributed by atoms with Crippen LogP contribution in [0.2, 0.25) is 5.02 Å². The molecule has 1 fully saturated rings. The van der Waals surface area contributed by atoms with Crippen LogP contribution in [0.15, 0.2) is 42.5 Å². The Morgan fingerprint density at radius 2 is 2.12 bits per heavy atom. The number of benzene rings is 2. The molecule has 132 valence electrons. The third kappa shape index (κ3) is 4.74. The lowest BCUT2D eigenvalue weighted by molar-refractivity contribution is -0.141. The summed E-state index contributed by atoms with van der Waals surface area (Å²) in [6.07, 6.45) is 0.739. The van der Waals surface area contributed by atoms with Crippen molar-refractivity contribution in [2.75, 3.05) is 18.4 Å². The zero-order chi connectivity index (χ0) is 17.8. The number of nitrogens with zero attached hydrogens (tertiary/aromatic N) is 1. The summed E-state index contributed by atoms with van der Waals surface area (Å²) < 4.78 is 0. The summed E-state index contributed by atoms with van der Waals surface area (Å²) in [7, 11) is 0. The Labute approximate surface area is 153 Å². The fourth-order valence-electron chi connectivity index (χ4n) is 3.24. The molecule has 1 heterocycles. The predicted molar refractivity (Wildman–Crippen MR) is 101 cm³/mol. The van der Waals surface area contributed by atoms with Gasteiger partial charge in [-0.3, -0.25) is 9.69 Å². The number of aliphatic carboxylic acids is 1. The summed E-state index contributed by atoms with van der Waals surface area (Å²) in [5.74, 6) is -0.911. The van der Waals surface area contributed by atoms with Crippen LogP contribution in [0.3, 0.4) is 0 Å². The van der Waals surface area contributed by atoms with Gasteiger partial charge >= 0.3 is 5.97 Å². The standard InChI is InChI=1S/C20H23ClN2O2/c1-14-9-15(5-6-19(14)21)11-22-18-4-2-3-16(10-18)12-23-8-7-17(13-23)20(24)25/h2-6,9-10,17,22H,7-8,11-13H2,1H3,(H,24,25)/t17-/m0/s1. The van der Waals surface area contributed by atoms with Gasteiger partial charge in [0.25, 0.3) is 0 Å². The molecule has 0 aliphatic carbocycles. The van der Waals surface area contributed by atoms with Crippen LogP contribution in [0, 0.1) is 12.8 Å². The predicted octanol–water partition coefficient (Wildman–Crippen LogP) is 4.17. The molecule has 0 unspecified atom stereocenters. The van der Waals surface area contributed by atoms with Crippen molar-refractivity contribution in [2.45, 2.75) is 26.4 Å². The van der Waals surface area contributed by atoms with Crippen LogP contribution in [0.25, 0.3) is 0 Å². The molecular formula is C20H23ClN2O2. The number of carbonyl (C=O) groups is 1. The molecule has 0 saturated carbocycles. The van der Waals surface area contributed by atoms with Crippen molar-refractivity contribution in [3.8, 4) is 0 Å². The lowest BCUT2D eigenvalue weighted by Crippen LogP contribution is -2.22. The molecule has 0 spiro atoms. The molecule has 2 N–H and O–H groups in total. The summed E-state index contributed by atoms with van der Waals surface area (Å²) in [5.41, 5.74) is 4.54. The second-order valence-corrected chi connectivity index (χ2v) is 7.10. The summed E-state index contributed by atoms with van der Waals surface area (Å²) >= 11 is 6.07. The van der Waals surface area contributed by atoms with Gasteiger partial charge in [0.05, 0.1) is 5.92 Å². The Balaban J connectivity index is 1.58. The Kier molecular flexibility index (Phi) is 5.61. The minimum absolute atomic E-state index is 0.227. The quantitative estimate of drug-likeness (QED) is 0.813. The van der Waals surface area contributed by atoms with Crippen LogP contribution >= 0.6 is 11.6 Å². The lowest BCUT2D eigenvalue weighted by atomic mass is 10.1. The SMILES string of the molecule is Cc1cc(CNc2cccc(CN3CC[C@H](C(=O)O)C3)c2)ccc1Cl. The first-order valence-corrected chi connectivity index (χ1v) is 8.92. The van der Waals surface area contributed by atoms with Crippen LogP contribution < -0.4 is 5.32 Å². The van der Waals surface area contributed by atoms with E-state index in [1.54, 1.807) is 0 Å². The maximum Gasteiger partial charge on any atom is 0.307 e. The number of rotatable bonds is 6. The van der Waals surface area contributed by atoms with Crippen LogP contribution in [-0.2, 0) is 17.9 Å². The summed E-state index contributed by atoms with van der Waals surface area (Å²) in [6.45, 7) is 5.02. The molecule has 4 nitrogen and oxygen atoms in total. The Morgan fingerprint density at radius 1 is 1.28 bits per heavy atom. The van der Waals surface area contributed by atoms with Gasteiger partial charge in [-0.05, 0) is 54.8 Å². The third-order valence-corrected chi connectivity index (χ3v) is 5.10. The van der Waals surface area contributed by atoms with Gasteiger partial charge in [-0.2, -0.15) is 0 Å². The van der Waals surface area contributed by atoms with Gasteiger partial charge in [-0.15, -0.1) is 0 Å². The van der Waals surface area contributed by atoms with E-state index in [9.17, 15) is 4.79 Å². The first-order chi connectivity index (χ1) is 12.0. The zero-order valence-corrected chi connectivity index (χ0v) is 15.1. The number of carboxylic acids is 1. The number of likely N-dealkylation sites (tertiary alicyclic amines) is 1. The minimum Gasteiger partial charge on any atom is -0.481 e. The first kappa shape index (κ1) is 17.8. The van der Waals surface area contributed by atoms with Gasteiger partial charge in [-0.25, -0.2) is 0 Å². The van der Waals surface area contributed by atoms with Gasteiger partial charge in [0.2, 0.25) is 0 Å². The molecule has 2 aromatic carbocycles. The van der Waals surface area contributed by atoms with E-state index < -0.39 is 5.97 Å². The second-order valence-electron chi connectivity index (χ2n) is 6.70. The lowest BCUT2D eigenvalue weighted by Gasteiger charge is -2.16. The Bertz CT molecular complexity index is 763. The fraction of sp³-hybridized carbons (Fsp3) is 0.350. The van der Waals surface area contributed by atoms with Crippen molar-refractivity contribution in [3.05, 3.63) is 64.2 Å². The monoisotopic (exact) mass is 358 g/mol. The van der Waals surface area contributed by atoms with Crippen LogP contribution in [0.4, 0.5) is 5.69 Å². The average Bonchev–Trinajstić information content (AvgIpc) is 3.05. The number of aryl methyl sites for hydroxylation is 1. The van der Waals surface area contributed by atoms with Crippen molar-refractivity contribution in [1.29, 1.82) is 0 Å². The smallest absolute Gasteiger partial charge is 0.307 e. The number of hydrogen-bond acceptors (Lipinski definition) is 3. The molecule has 25 heavy (non-hydrogen) atoms. The van der Waals surface area contributed by atoms with Gasteiger partial charge in [-0.1, -0.05) is 35.9 Å². The highest BCUT2D eigenvalue weighted by Crippen LogP contribution is 2.21. The summed E-state index contributed by atoms with van der Waals surface area (Å²) in [5, 5.41) is 13.3. The van der Waals surface area contributed by atoms with Crippen molar-refractivity contribution in [1.82, 2.24) is 4.90 Å². The molecule has 1 aliphatic rings. The van der Waals surface area contributed by atoms with Gasteiger partial charge in [0.15, 0.2) is 0 Å². The second kappa shape index (κ2) is 7.89. The highest BCUT2D eigenvalue weighted by molar-refractivity contribution is 6.31. The van der Waals surface area contributed by atoms with E-state index in [-0.39, 0.29) is 5.92 Å². The van der Waals surface area contributed by atoms with Gasteiger partial charge in [0.1, 0.15) is 0 Å². The largest absolute Gasteiger partial charge is 0.481 e. The van der Waals surface area contributed by atoms with E-state index in [2.05, 4.69) is 34.5 Å². The molecule has 0 bridgehead atoms. The Hall–Kier alpha value is -2.04. The molecule has 1 saturated heterocycles. The molecule has 1 atom stereocenters. The van der Waals surface area contributed by atoms with Crippen molar-refractivity contribution in [3.63, 3.8) is 0 Å². The van der Waals surface area contributed by atoms with E-state index >= 15 is 0 Å². The molecule has 0 radical (unpaired) electrons. The highest BCUT2D eigenvalue weighted by Gasteiger charge is 2.27. The molecule has 1 aliphatic heterocycles. The summed E-state index contributed by atoms with van der Waals surface area (Å²) in [4.78, 5) is 13.3. The van der Waals surface area contributed by atoms with E-state index in [0.29, 0.717) is 6.54 Å². The van der Waals surface area contributed by atoms with Crippen LogP contribution in [0.1, 0.15) is 23.1 Å². The molecule has 5 heteroatoms. The highest BCUT2D eigenvalue weighted by atomic mass is 35.5. The summed E-state index contributed by atoms with van der Waals surface area (Å²) in [6, 6.07) is 14.4. The fourth-order valence-corrected chi connectivity index (χ4v) is 3.35. The van der Waals surface area contributed by atoms with Gasteiger partial charge in [0, 0.05) is 30.3 Å². The number of nitrogens with one attached hydrogen (secondary N) is 1. The van der Waals surface area contributed by atoms with Crippen LogP contribution in [-0.4, -0.2) is 29.1 Å². The number of hydrogen-bond donors (Lipinski definition) is 2. The number of anilines is 1. The molecule has 0 amide bonds. The molecular weight excluding hydrogens is 336 g/mol. The van der Waals surface area contributed by atoms with E-state index in [1.165, 1.54) is 11.1 Å². The van der Waals surface area contributed by atoms with Crippen LogP contribution in [0.5, 0.6) is 0 Å². The normalized spacial score (nSPS) is 17.6. The average molecular weight is 359 g/mol. The van der Waals surface area contributed by atoms with E-state index in [1.807, 2.05) is 25.1 Å².